The quantitative estimate of drug-likeness (QED) is 0.623. The summed E-state index contributed by atoms with van der Waals surface area (Å²) in [6, 6.07) is 11.1. The number of hydrogen-bond acceptors (Lipinski definition) is 4. The van der Waals surface area contributed by atoms with E-state index in [0.717, 1.165) is 0 Å². The molecule has 1 saturated carbocycles. The Labute approximate surface area is 174 Å². The van der Waals surface area contributed by atoms with E-state index >= 15 is 0 Å². The molecule has 0 radical (unpaired) electrons. The molecular weight excluding hydrogens is 382 g/mol. The molecule has 1 aromatic carbocycles. The van der Waals surface area contributed by atoms with Crippen LogP contribution in [-0.2, 0) is 15.4 Å². The fraction of sp³-hybridized carbons (Fsp3) is 0.522. The van der Waals surface area contributed by atoms with E-state index in [-0.39, 0.29) is 10.3 Å². The molecule has 1 aliphatic carbocycles. The van der Waals surface area contributed by atoms with E-state index in [2.05, 4.69) is 34.5 Å². The minimum atomic E-state index is -3.62. The van der Waals surface area contributed by atoms with Gasteiger partial charge in [0.1, 0.15) is 4.90 Å². The predicted octanol–water partition coefficient (Wildman–Crippen LogP) is 4.28. The summed E-state index contributed by atoms with van der Waals surface area (Å²) in [7, 11) is -3.62. The summed E-state index contributed by atoms with van der Waals surface area (Å²) in [6.45, 7) is 8.14. The lowest BCUT2D eigenvalue weighted by Crippen LogP contribution is -2.30. The van der Waals surface area contributed by atoms with Gasteiger partial charge in [-0.2, -0.15) is 0 Å². The normalized spacial score (nSPS) is 26.3. The summed E-state index contributed by atoms with van der Waals surface area (Å²) >= 11 is 0. The van der Waals surface area contributed by atoms with Crippen molar-refractivity contribution in [3.8, 4) is 0 Å². The fourth-order valence-electron chi connectivity index (χ4n) is 4.97. The second-order valence-electron chi connectivity index (χ2n) is 8.69. The van der Waals surface area contributed by atoms with Crippen LogP contribution < -0.4 is 4.72 Å². The van der Waals surface area contributed by atoms with Crippen molar-refractivity contribution in [1.82, 2.24) is 9.88 Å². The van der Waals surface area contributed by atoms with Gasteiger partial charge in [0.2, 0.25) is 0 Å². The molecule has 1 saturated heterocycles. The van der Waals surface area contributed by atoms with Crippen molar-refractivity contribution in [2.75, 3.05) is 24.4 Å². The SMILES string of the molecule is CCCCCCN1C[C@@H]2[C@H](C1)C2(C)c1cccc(NS(=O)(=O)c2cccnc2)c1. The second-order valence-corrected chi connectivity index (χ2v) is 10.4. The topological polar surface area (TPSA) is 62.3 Å². The molecule has 156 valence electrons. The highest BCUT2D eigenvalue weighted by Crippen LogP contribution is 2.63. The van der Waals surface area contributed by atoms with Crippen LogP contribution in [0.3, 0.4) is 0 Å². The molecule has 4 rings (SSSR count). The minimum absolute atomic E-state index is 0.162. The Hall–Kier alpha value is -1.92. The van der Waals surface area contributed by atoms with Crippen molar-refractivity contribution in [3.63, 3.8) is 0 Å². The predicted molar refractivity (Wildman–Crippen MR) is 116 cm³/mol. The standard InChI is InChI=1S/C23H31N3O2S/c1-3-4-5-6-13-26-16-21-22(17-26)23(21,2)18-9-7-10-19(14-18)25-29(27,28)20-11-8-12-24-15-20/h7-12,14-15,21-22,25H,3-6,13,16-17H2,1-2H3/t21-,22+,23?. The summed E-state index contributed by atoms with van der Waals surface area (Å²) in [5.74, 6) is 1.36. The molecule has 2 aliphatic rings. The Morgan fingerprint density at radius 1 is 1.14 bits per heavy atom. The van der Waals surface area contributed by atoms with Crippen LogP contribution in [-0.4, -0.2) is 37.9 Å². The van der Waals surface area contributed by atoms with Crippen LogP contribution in [0.5, 0.6) is 0 Å². The van der Waals surface area contributed by atoms with Gasteiger partial charge in [0.25, 0.3) is 10.0 Å². The van der Waals surface area contributed by atoms with E-state index in [0.29, 0.717) is 17.5 Å². The Morgan fingerprint density at radius 2 is 1.93 bits per heavy atom. The molecule has 29 heavy (non-hydrogen) atoms. The highest BCUT2D eigenvalue weighted by atomic mass is 32.2. The van der Waals surface area contributed by atoms with Crippen LogP contribution in [0.25, 0.3) is 0 Å². The number of pyridine rings is 1. The number of hydrogen-bond donors (Lipinski definition) is 1. The molecule has 2 fully saturated rings. The maximum absolute atomic E-state index is 12.6. The van der Waals surface area contributed by atoms with Crippen molar-refractivity contribution < 1.29 is 8.42 Å². The molecule has 1 aromatic heterocycles. The Balaban J connectivity index is 1.40. The van der Waals surface area contributed by atoms with Crippen molar-refractivity contribution in [1.29, 1.82) is 0 Å². The summed E-state index contributed by atoms with van der Waals surface area (Å²) in [4.78, 5) is 6.70. The van der Waals surface area contributed by atoms with E-state index in [1.807, 2.05) is 18.2 Å². The summed E-state index contributed by atoms with van der Waals surface area (Å²) in [5.41, 5.74) is 2.02. The molecule has 0 amide bonds. The molecule has 0 spiro atoms. The monoisotopic (exact) mass is 413 g/mol. The molecular formula is C23H31N3O2S. The average molecular weight is 414 g/mol. The Bertz CT molecular complexity index is 934. The molecule has 1 unspecified atom stereocenters. The highest BCUT2D eigenvalue weighted by molar-refractivity contribution is 7.92. The van der Waals surface area contributed by atoms with Gasteiger partial charge < -0.3 is 4.90 Å². The molecule has 2 aromatic rings. The summed E-state index contributed by atoms with van der Waals surface area (Å²) in [5, 5.41) is 0. The molecule has 6 heteroatoms. The first-order chi connectivity index (χ1) is 13.9. The minimum Gasteiger partial charge on any atom is -0.303 e. The number of nitrogens with one attached hydrogen (secondary N) is 1. The fourth-order valence-corrected chi connectivity index (χ4v) is 5.99. The Kier molecular flexibility index (Phi) is 5.67. The van der Waals surface area contributed by atoms with Crippen LogP contribution in [0.15, 0.2) is 53.7 Å². The van der Waals surface area contributed by atoms with Gasteiger partial charge in [0.05, 0.1) is 0 Å². The molecule has 1 N–H and O–H groups in total. The first kappa shape index (κ1) is 20.4. The lowest BCUT2D eigenvalue weighted by Gasteiger charge is -2.24. The summed E-state index contributed by atoms with van der Waals surface area (Å²) in [6.07, 6.45) is 8.19. The van der Waals surface area contributed by atoms with Gasteiger partial charge >= 0.3 is 0 Å². The molecule has 1 aliphatic heterocycles. The van der Waals surface area contributed by atoms with E-state index < -0.39 is 10.0 Å². The number of aromatic nitrogens is 1. The number of rotatable bonds is 9. The van der Waals surface area contributed by atoms with Gasteiger partial charge in [-0.1, -0.05) is 45.2 Å². The van der Waals surface area contributed by atoms with E-state index in [4.69, 9.17) is 0 Å². The van der Waals surface area contributed by atoms with Crippen LogP contribution in [0.2, 0.25) is 0 Å². The molecule has 2 heterocycles. The van der Waals surface area contributed by atoms with Crippen molar-refractivity contribution in [2.24, 2.45) is 11.8 Å². The third-order valence-electron chi connectivity index (χ3n) is 6.84. The van der Waals surface area contributed by atoms with Gasteiger partial charge in [0.15, 0.2) is 0 Å². The van der Waals surface area contributed by atoms with Gasteiger partial charge in [0, 0.05) is 36.6 Å². The van der Waals surface area contributed by atoms with E-state index in [9.17, 15) is 8.42 Å². The summed E-state index contributed by atoms with van der Waals surface area (Å²) < 4.78 is 27.9. The first-order valence-corrected chi connectivity index (χ1v) is 12.2. The van der Waals surface area contributed by atoms with E-state index in [1.165, 1.54) is 57.1 Å². The van der Waals surface area contributed by atoms with Crippen LogP contribution in [0.1, 0.15) is 45.1 Å². The van der Waals surface area contributed by atoms with Crippen LogP contribution in [0, 0.1) is 11.8 Å². The largest absolute Gasteiger partial charge is 0.303 e. The van der Waals surface area contributed by atoms with E-state index in [1.54, 1.807) is 18.3 Å². The van der Waals surface area contributed by atoms with Crippen molar-refractivity contribution in [2.45, 2.75) is 49.8 Å². The van der Waals surface area contributed by atoms with Crippen LogP contribution >= 0.6 is 0 Å². The highest BCUT2D eigenvalue weighted by Gasteiger charge is 2.65. The van der Waals surface area contributed by atoms with Gasteiger partial charge in [-0.3, -0.25) is 9.71 Å². The number of fused-ring (bicyclic) bond motifs is 1. The molecule has 3 atom stereocenters. The maximum Gasteiger partial charge on any atom is 0.263 e. The van der Waals surface area contributed by atoms with Gasteiger partial charge in [-0.15, -0.1) is 0 Å². The number of anilines is 1. The number of likely N-dealkylation sites (tertiary alicyclic amines) is 1. The zero-order chi connectivity index (χ0) is 20.5. The lowest BCUT2D eigenvalue weighted by atomic mass is 9.92. The number of unbranched alkanes of at least 4 members (excludes halogenated alkanes) is 3. The second kappa shape index (κ2) is 8.07. The number of piperidine rings is 1. The number of sulfonamides is 1. The number of nitrogens with zero attached hydrogens (tertiary/aromatic N) is 2. The third kappa shape index (κ3) is 4.05. The Morgan fingerprint density at radius 3 is 2.62 bits per heavy atom. The van der Waals surface area contributed by atoms with Crippen LogP contribution in [0.4, 0.5) is 5.69 Å². The maximum atomic E-state index is 12.6. The zero-order valence-corrected chi connectivity index (χ0v) is 18.2. The number of benzene rings is 1. The first-order valence-electron chi connectivity index (χ1n) is 10.7. The lowest BCUT2D eigenvalue weighted by molar-refractivity contribution is 0.271. The smallest absolute Gasteiger partial charge is 0.263 e. The van der Waals surface area contributed by atoms with Gasteiger partial charge in [-0.25, -0.2) is 8.42 Å². The van der Waals surface area contributed by atoms with Crippen molar-refractivity contribution >= 4 is 15.7 Å². The average Bonchev–Trinajstić information content (AvgIpc) is 3.07. The molecule has 5 nitrogen and oxygen atoms in total. The third-order valence-corrected chi connectivity index (χ3v) is 8.20. The van der Waals surface area contributed by atoms with Gasteiger partial charge in [-0.05, 0) is 54.6 Å². The zero-order valence-electron chi connectivity index (χ0n) is 17.3. The molecule has 0 bridgehead atoms. The van der Waals surface area contributed by atoms with Crippen molar-refractivity contribution in [3.05, 3.63) is 54.4 Å².